The zero-order valence-corrected chi connectivity index (χ0v) is 15.8. The van der Waals surface area contributed by atoms with Crippen LogP contribution >= 0.6 is 0 Å². The Balaban J connectivity index is 4.20. The number of hydrogen-bond donors (Lipinski definition) is 5. The van der Waals surface area contributed by atoms with Crippen molar-refractivity contribution in [3.63, 3.8) is 0 Å². The number of hydrogen-bond acceptors (Lipinski definition) is 6. The topological polar surface area (TPSA) is 133 Å². The minimum absolute atomic E-state index is 0.0464. The van der Waals surface area contributed by atoms with Gasteiger partial charge in [-0.2, -0.15) is 0 Å². The molecule has 0 aromatic rings. The molecule has 2 atom stereocenters. The van der Waals surface area contributed by atoms with Gasteiger partial charge in [0.05, 0.1) is 12.3 Å². The van der Waals surface area contributed by atoms with Gasteiger partial charge in [-0.05, 0) is 64.6 Å². The van der Waals surface area contributed by atoms with Crippen molar-refractivity contribution in [2.45, 2.75) is 89.4 Å². The summed E-state index contributed by atoms with van der Waals surface area (Å²) in [4.78, 5) is 2.31. The molecule has 10 N–H and O–H groups in total. The lowest BCUT2D eigenvalue weighted by molar-refractivity contribution is 0.118. The zero-order valence-electron chi connectivity index (χ0n) is 15.8. The molecule has 0 saturated heterocycles. The molecule has 0 aliphatic carbocycles. The summed E-state index contributed by atoms with van der Waals surface area (Å²) >= 11 is 0. The summed E-state index contributed by atoms with van der Waals surface area (Å²) in [5, 5.41) is 0. The molecule has 0 saturated carbocycles. The van der Waals surface area contributed by atoms with Crippen molar-refractivity contribution in [2.75, 3.05) is 26.2 Å². The number of nitrogens with zero attached hydrogens (tertiary/aromatic N) is 1. The first-order valence-electron chi connectivity index (χ1n) is 10.0. The van der Waals surface area contributed by atoms with Gasteiger partial charge in [-0.1, -0.05) is 32.1 Å². The van der Waals surface area contributed by atoms with Crippen LogP contribution in [0.25, 0.3) is 0 Å². The lowest BCUT2D eigenvalue weighted by Crippen LogP contribution is -2.52. The van der Waals surface area contributed by atoms with Gasteiger partial charge in [-0.25, -0.2) is 0 Å². The Labute approximate surface area is 149 Å². The summed E-state index contributed by atoms with van der Waals surface area (Å²) in [6.45, 7) is 3.29. The van der Waals surface area contributed by atoms with E-state index in [1.165, 1.54) is 19.3 Å². The monoisotopic (exact) mass is 344 g/mol. The van der Waals surface area contributed by atoms with Crippen LogP contribution in [0.2, 0.25) is 0 Å². The predicted molar refractivity (Wildman–Crippen MR) is 105 cm³/mol. The highest BCUT2D eigenvalue weighted by Gasteiger charge is 2.20. The van der Waals surface area contributed by atoms with Gasteiger partial charge in [-0.3, -0.25) is 4.90 Å². The third-order valence-corrected chi connectivity index (χ3v) is 4.63. The van der Waals surface area contributed by atoms with Gasteiger partial charge in [-0.15, -0.1) is 0 Å². The van der Waals surface area contributed by atoms with Gasteiger partial charge in [0.1, 0.15) is 0 Å². The van der Waals surface area contributed by atoms with Crippen LogP contribution in [0.15, 0.2) is 0 Å². The molecule has 146 valence electrons. The van der Waals surface area contributed by atoms with Crippen molar-refractivity contribution in [3.8, 4) is 0 Å². The standard InChI is InChI=1S/C18H44N6/c19-13-7-2-1-3-10-16-24(18(23)12-6-9-15-21)17(22)11-5-4-8-14-20/h17-18H,1-16,19-23H2. The Morgan fingerprint density at radius 1 is 0.500 bits per heavy atom. The fourth-order valence-corrected chi connectivity index (χ4v) is 3.05. The van der Waals surface area contributed by atoms with Gasteiger partial charge in [0.25, 0.3) is 0 Å². The smallest absolute Gasteiger partial charge is 0.0585 e. The summed E-state index contributed by atoms with van der Waals surface area (Å²) in [5.74, 6) is 0. The van der Waals surface area contributed by atoms with Gasteiger partial charge in [0.15, 0.2) is 0 Å². The third-order valence-electron chi connectivity index (χ3n) is 4.63. The summed E-state index contributed by atoms with van der Waals surface area (Å²) < 4.78 is 0. The molecule has 0 radical (unpaired) electrons. The van der Waals surface area contributed by atoms with Crippen LogP contribution in [-0.4, -0.2) is 43.4 Å². The van der Waals surface area contributed by atoms with E-state index in [0.29, 0.717) is 0 Å². The van der Waals surface area contributed by atoms with Gasteiger partial charge >= 0.3 is 0 Å². The Morgan fingerprint density at radius 3 is 1.42 bits per heavy atom. The molecule has 2 unspecified atom stereocenters. The molecule has 0 aliphatic heterocycles. The fourth-order valence-electron chi connectivity index (χ4n) is 3.05. The summed E-state index contributed by atoms with van der Waals surface area (Å²) in [5.41, 5.74) is 29.5. The molecule has 6 heteroatoms. The molecule has 6 nitrogen and oxygen atoms in total. The molecule has 0 aromatic heterocycles. The van der Waals surface area contributed by atoms with Crippen molar-refractivity contribution in [3.05, 3.63) is 0 Å². The number of rotatable bonds is 18. The lowest BCUT2D eigenvalue weighted by Gasteiger charge is -2.34. The maximum Gasteiger partial charge on any atom is 0.0585 e. The third kappa shape index (κ3) is 13.1. The molecule has 0 aromatic carbocycles. The zero-order chi connectivity index (χ0) is 18.0. The van der Waals surface area contributed by atoms with Crippen molar-refractivity contribution < 1.29 is 0 Å². The molecule has 24 heavy (non-hydrogen) atoms. The Kier molecular flexibility index (Phi) is 17.4. The molecule has 0 bridgehead atoms. The largest absolute Gasteiger partial charge is 0.330 e. The highest BCUT2D eigenvalue weighted by Crippen LogP contribution is 2.13. The van der Waals surface area contributed by atoms with Gasteiger partial charge in [0.2, 0.25) is 0 Å². The van der Waals surface area contributed by atoms with Crippen molar-refractivity contribution in [1.82, 2.24) is 4.90 Å². The molecule has 0 spiro atoms. The van der Waals surface area contributed by atoms with E-state index in [4.69, 9.17) is 28.7 Å². The normalized spacial score (nSPS) is 14.2. The van der Waals surface area contributed by atoms with E-state index in [-0.39, 0.29) is 12.3 Å². The van der Waals surface area contributed by atoms with Crippen molar-refractivity contribution >= 4 is 0 Å². The molecule has 0 rings (SSSR count). The van der Waals surface area contributed by atoms with E-state index in [1.54, 1.807) is 0 Å². The molecular formula is C18H44N6. The highest BCUT2D eigenvalue weighted by molar-refractivity contribution is 4.73. The van der Waals surface area contributed by atoms with E-state index in [2.05, 4.69) is 4.90 Å². The molecular weight excluding hydrogens is 300 g/mol. The van der Waals surface area contributed by atoms with E-state index < -0.39 is 0 Å². The minimum atomic E-state index is 0.0464. The van der Waals surface area contributed by atoms with Crippen LogP contribution < -0.4 is 28.7 Å². The summed E-state index contributed by atoms with van der Waals surface area (Å²) in [7, 11) is 0. The Hall–Kier alpha value is -0.240. The van der Waals surface area contributed by atoms with Crippen LogP contribution in [0.3, 0.4) is 0 Å². The van der Waals surface area contributed by atoms with Crippen LogP contribution in [0.5, 0.6) is 0 Å². The number of nitrogens with two attached hydrogens (primary N) is 5. The van der Waals surface area contributed by atoms with E-state index in [1.807, 2.05) is 0 Å². The molecule has 0 fully saturated rings. The summed E-state index contributed by atoms with van der Waals surface area (Å²) in [6.07, 6.45) is 13.5. The second-order valence-electron chi connectivity index (χ2n) is 6.85. The first kappa shape index (κ1) is 23.8. The average molecular weight is 345 g/mol. The summed E-state index contributed by atoms with van der Waals surface area (Å²) in [6, 6.07) is 0. The maximum absolute atomic E-state index is 6.44. The lowest BCUT2D eigenvalue weighted by atomic mass is 10.1. The van der Waals surface area contributed by atoms with Crippen LogP contribution in [-0.2, 0) is 0 Å². The second kappa shape index (κ2) is 17.6. The quantitative estimate of drug-likeness (QED) is 0.189. The van der Waals surface area contributed by atoms with Crippen LogP contribution in [0.4, 0.5) is 0 Å². The van der Waals surface area contributed by atoms with Crippen LogP contribution in [0.1, 0.15) is 77.0 Å². The molecule has 0 aliphatic rings. The highest BCUT2D eigenvalue weighted by atomic mass is 15.3. The van der Waals surface area contributed by atoms with E-state index in [0.717, 1.165) is 84.0 Å². The van der Waals surface area contributed by atoms with Gasteiger partial charge in [0, 0.05) is 6.54 Å². The predicted octanol–water partition coefficient (Wildman–Crippen LogP) is 1.42. The maximum atomic E-state index is 6.44. The Bertz CT molecular complexity index is 252. The minimum Gasteiger partial charge on any atom is -0.330 e. The van der Waals surface area contributed by atoms with Gasteiger partial charge < -0.3 is 28.7 Å². The van der Waals surface area contributed by atoms with E-state index in [9.17, 15) is 0 Å². The Morgan fingerprint density at radius 2 is 0.875 bits per heavy atom. The average Bonchev–Trinajstić information content (AvgIpc) is 2.58. The SMILES string of the molecule is NCCCCCCCN(C(N)CCCCN)C(N)CCCCCN. The number of unbranched alkanes of at least 4 members (excludes halogenated alkanes) is 7. The van der Waals surface area contributed by atoms with E-state index >= 15 is 0 Å². The second-order valence-corrected chi connectivity index (χ2v) is 6.85. The fraction of sp³-hybridized carbons (Fsp3) is 1.00. The first-order chi connectivity index (χ1) is 11.7. The molecule has 0 heterocycles. The van der Waals surface area contributed by atoms with Crippen molar-refractivity contribution in [2.24, 2.45) is 28.7 Å². The first-order valence-corrected chi connectivity index (χ1v) is 10.0. The van der Waals surface area contributed by atoms with Crippen molar-refractivity contribution in [1.29, 1.82) is 0 Å². The van der Waals surface area contributed by atoms with Crippen LogP contribution in [0, 0.1) is 0 Å². The molecule has 0 amide bonds.